The van der Waals surface area contributed by atoms with Gasteiger partial charge in [0, 0.05) is 16.9 Å². The van der Waals surface area contributed by atoms with Crippen LogP contribution in [0, 0.1) is 5.82 Å². The number of ether oxygens (including phenoxy) is 2. The molecule has 38 heavy (non-hydrogen) atoms. The van der Waals surface area contributed by atoms with Crippen molar-refractivity contribution in [3.05, 3.63) is 90.0 Å². The molecule has 0 bridgehead atoms. The normalized spacial score (nSPS) is 10.6. The molecular formula is C27H26FN5O4S. The molecule has 4 aromatic rings. The Labute approximate surface area is 223 Å². The van der Waals surface area contributed by atoms with E-state index in [0.29, 0.717) is 40.3 Å². The van der Waals surface area contributed by atoms with Gasteiger partial charge in [-0.2, -0.15) is 0 Å². The fourth-order valence-corrected chi connectivity index (χ4v) is 4.28. The third kappa shape index (κ3) is 6.88. The number of nitrogens with zero attached hydrogens (tertiary/aromatic N) is 3. The summed E-state index contributed by atoms with van der Waals surface area (Å²) in [4.78, 5) is 25.2. The van der Waals surface area contributed by atoms with Crippen molar-refractivity contribution in [1.82, 2.24) is 20.1 Å². The zero-order valence-electron chi connectivity index (χ0n) is 20.8. The van der Waals surface area contributed by atoms with Gasteiger partial charge in [-0.1, -0.05) is 17.8 Å². The van der Waals surface area contributed by atoms with Crippen LogP contribution in [0.15, 0.2) is 78.0 Å². The van der Waals surface area contributed by atoms with Crippen LogP contribution in [0.25, 0.3) is 5.69 Å². The van der Waals surface area contributed by atoms with Gasteiger partial charge in [0.05, 0.1) is 26.0 Å². The molecule has 2 amide bonds. The maximum Gasteiger partial charge on any atom is 0.251 e. The second-order valence-electron chi connectivity index (χ2n) is 7.92. The lowest BCUT2D eigenvalue weighted by Gasteiger charge is -2.12. The number of methoxy groups -OCH3 is 1. The molecule has 0 unspecified atom stereocenters. The topological polar surface area (TPSA) is 107 Å². The summed E-state index contributed by atoms with van der Waals surface area (Å²) in [7, 11) is 1.54. The van der Waals surface area contributed by atoms with Gasteiger partial charge in [-0.05, 0) is 73.7 Å². The van der Waals surface area contributed by atoms with Crippen LogP contribution in [-0.2, 0) is 11.3 Å². The molecule has 1 aromatic heterocycles. The highest BCUT2D eigenvalue weighted by molar-refractivity contribution is 7.99. The highest BCUT2D eigenvalue weighted by Crippen LogP contribution is 2.24. The molecular weight excluding hydrogens is 509 g/mol. The van der Waals surface area contributed by atoms with Crippen LogP contribution in [0.1, 0.15) is 23.1 Å². The smallest absolute Gasteiger partial charge is 0.251 e. The van der Waals surface area contributed by atoms with Crippen molar-refractivity contribution in [2.24, 2.45) is 0 Å². The zero-order chi connectivity index (χ0) is 26.9. The predicted octanol–water partition coefficient (Wildman–Crippen LogP) is 4.47. The summed E-state index contributed by atoms with van der Waals surface area (Å²) in [6.07, 6.45) is 0. The molecule has 11 heteroatoms. The molecule has 0 fully saturated rings. The van der Waals surface area contributed by atoms with Crippen LogP contribution < -0.4 is 20.1 Å². The van der Waals surface area contributed by atoms with Crippen molar-refractivity contribution in [3.63, 3.8) is 0 Å². The molecule has 0 radical (unpaired) electrons. The number of amides is 2. The maximum atomic E-state index is 13.1. The second-order valence-corrected chi connectivity index (χ2v) is 8.86. The Bertz CT molecular complexity index is 1390. The van der Waals surface area contributed by atoms with Crippen molar-refractivity contribution in [2.45, 2.75) is 18.6 Å². The van der Waals surface area contributed by atoms with Crippen molar-refractivity contribution in [1.29, 1.82) is 0 Å². The van der Waals surface area contributed by atoms with E-state index >= 15 is 0 Å². The van der Waals surface area contributed by atoms with Crippen LogP contribution in [0.2, 0.25) is 0 Å². The molecule has 0 aliphatic heterocycles. The first-order valence-electron chi connectivity index (χ1n) is 11.7. The molecule has 0 atom stereocenters. The third-order valence-corrected chi connectivity index (χ3v) is 6.23. The number of anilines is 1. The van der Waals surface area contributed by atoms with Gasteiger partial charge in [0.2, 0.25) is 5.91 Å². The molecule has 0 aliphatic rings. The van der Waals surface area contributed by atoms with Crippen LogP contribution in [0.4, 0.5) is 10.1 Å². The SMILES string of the molecule is CCOc1ccc(-n2c(CNC(=O)c3cccc(OC)c3)nnc2SCC(=O)Nc2ccc(F)cc2)cc1. The Morgan fingerprint density at radius 2 is 1.76 bits per heavy atom. The maximum absolute atomic E-state index is 13.1. The average molecular weight is 536 g/mol. The van der Waals surface area contributed by atoms with E-state index in [9.17, 15) is 14.0 Å². The van der Waals surface area contributed by atoms with Crippen molar-refractivity contribution in [3.8, 4) is 17.2 Å². The Hall–Kier alpha value is -4.38. The number of aromatic nitrogens is 3. The minimum Gasteiger partial charge on any atom is -0.497 e. The number of benzene rings is 3. The minimum atomic E-state index is -0.383. The van der Waals surface area contributed by atoms with Gasteiger partial charge < -0.3 is 20.1 Å². The van der Waals surface area contributed by atoms with Gasteiger partial charge in [-0.15, -0.1) is 10.2 Å². The molecule has 0 saturated heterocycles. The molecule has 1 heterocycles. The number of carbonyl (C=O) groups excluding carboxylic acids is 2. The Morgan fingerprint density at radius 1 is 1.00 bits per heavy atom. The van der Waals surface area contributed by atoms with E-state index in [1.54, 1.807) is 28.8 Å². The second kappa shape index (κ2) is 12.7. The van der Waals surface area contributed by atoms with E-state index in [0.717, 1.165) is 5.69 Å². The lowest BCUT2D eigenvalue weighted by Crippen LogP contribution is -2.24. The summed E-state index contributed by atoms with van der Waals surface area (Å²) < 4.78 is 25.6. The fraction of sp³-hybridized carbons (Fsp3) is 0.185. The highest BCUT2D eigenvalue weighted by Gasteiger charge is 2.17. The molecule has 4 rings (SSSR count). The van der Waals surface area contributed by atoms with E-state index in [1.807, 2.05) is 31.2 Å². The molecule has 196 valence electrons. The van der Waals surface area contributed by atoms with Gasteiger partial charge in [0.15, 0.2) is 11.0 Å². The summed E-state index contributed by atoms with van der Waals surface area (Å²) in [5.41, 5.74) is 1.68. The monoisotopic (exact) mass is 535 g/mol. The van der Waals surface area contributed by atoms with Crippen molar-refractivity contribution < 1.29 is 23.5 Å². The number of carbonyl (C=O) groups is 2. The molecule has 9 nitrogen and oxygen atoms in total. The third-order valence-electron chi connectivity index (χ3n) is 5.31. The molecule has 0 aliphatic carbocycles. The Morgan fingerprint density at radius 3 is 2.47 bits per heavy atom. The summed E-state index contributed by atoms with van der Waals surface area (Å²) in [6.45, 7) is 2.54. The van der Waals surface area contributed by atoms with Crippen LogP contribution in [-0.4, -0.2) is 46.0 Å². The van der Waals surface area contributed by atoms with E-state index < -0.39 is 0 Å². The summed E-state index contributed by atoms with van der Waals surface area (Å²) in [5.74, 6) is 0.855. The fourth-order valence-electron chi connectivity index (χ4n) is 3.51. The molecule has 0 saturated carbocycles. The summed E-state index contributed by atoms with van der Waals surface area (Å²) in [5, 5.41) is 14.6. The minimum absolute atomic E-state index is 0.0444. The van der Waals surface area contributed by atoms with Crippen LogP contribution in [0.3, 0.4) is 0 Å². The van der Waals surface area contributed by atoms with E-state index in [4.69, 9.17) is 9.47 Å². The zero-order valence-corrected chi connectivity index (χ0v) is 21.6. The van der Waals surface area contributed by atoms with Crippen LogP contribution >= 0.6 is 11.8 Å². The highest BCUT2D eigenvalue weighted by atomic mass is 32.2. The van der Waals surface area contributed by atoms with E-state index in [2.05, 4.69) is 20.8 Å². The number of halogens is 1. The Balaban J connectivity index is 1.51. The van der Waals surface area contributed by atoms with Crippen molar-refractivity contribution in [2.75, 3.05) is 24.8 Å². The first kappa shape index (κ1) is 26.7. The first-order chi connectivity index (χ1) is 18.5. The number of rotatable bonds is 11. The van der Waals surface area contributed by atoms with Gasteiger partial charge in [0.1, 0.15) is 17.3 Å². The molecule has 0 spiro atoms. The van der Waals surface area contributed by atoms with Gasteiger partial charge in [-0.3, -0.25) is 14.2 Å². The van der Waals surface area contributed by atoms with Gasteiger partial charge in [0.25, 0.3) is 5.91 Å². The molecule has 3 aromatic carbocycles. The molecule has 2 N–H and O–H groups in total. The number of thioether (sulfide) groups is 1. The summed E-state index contributed by atoms with van der Waals surface area (Å²) in [6, 6.07) is 19.7. The summed E-state index contributed by atoms with van der Waals surface area (Å²) >= 11 is 1.19. The van der Waals surface area contributed by atoms with Gasteiger partial charge >= 0.3 is 0 Å². The largest absolute Gasteiger partial charge is 0.497 e. The lowest BCUT2D eigenvalue weighted by atomic mass is 10.2. The number of nitrogens with one attached hydrogen (secondary N) is 2. The predicted molar refractivity (Wildman–Crippen MR) is 142 cm³/mol. The quantitative estimate of drug-likeness (QED) is 0.273. The standard InChI is InChI=1S/C27H26FN5O4S/c1-3-37-22-13-11-21(12-14-22)33-24(16-29-26(35)18-5-4-6-23(15-18)36-2)31-32-27(33)38-17-25(34)30-20-9-7-19(28)8-10-20/h4-15H,3,16-17H2,1-2H3,(H,29,35)(H,30,34). The van der Waals surface area contributed by atoms with Crippen molar-refractivity contribution >= 4 is 29.3 Å². The van der Waals surface area contributed by atoms with E-state index in [-0.39, 0.29) is 29.9 Å². The average Bonchev–Trinajstić information content (AvgIpc) is 3.35. The van der Waals surface area contributed by atoms with Crippen LogP contribution in [0.5, 0.6) is 11.5 Å². The Kier molecular flexibility index (Phi) is 8.94. The lowest BCUT2D eigenvalue weighted by molar-refractivity contribution is -0.113. The first-order valence-corrected chi connectivity index (χ1v) is 12.7. The number of hydrogen-bond donors (Lipinski definition) is 2. The van der Waals surface area contributed by atoms with Gasteiger partial charge in [-0.25, -0.2) is 4.39 Å². The van der Waals surface area contributed by atoms with E-state index in [1.165, 1.54) is 43.1 Å². The number of hydrogen-bond acceptors (Lipinski definition) is 7.